The van der Waals surface area contributed by atoms with Gasteiger partial charge in [0.15, 0.2) is 11.3 Å². The van der Waals surface area contributed by atoms with E-state index in [1.165, 1.54) is 12.8 Å². The first-order valence-corrected chi connectivity index (χ1v) is 9.22. The molecule has 4 aliphatic rings. The molecule has 3 aromatic heterocycles. The van der Waals surface area contributed by atoms with Crippen molar-refractivity contribution in [1.82, 2.24) is 25.4 Å². The zero-order valence-corrected chi connectivity index (χ0v) is 14.3. The summed E-state index contributed by atoms with van der Waals surface area (Å²) in [4.78, 5) is 3.12. The van der Waals surface area contributed by atoms with Crippen LogP contribution < -0.4 is 5.32 Å². The van der Waals surface area contributed by atoms with Crippen molar-refractivity contribution in [3.8, 4) is 11.6 Å². The largest absolute Gasteiger partial charge is 0.422 e. The van der Waals surface area contributed by atoms with Crippen LogP contribution in [-0.2, 0) is 0 Å². The summed E-state index contributed by atoms with van der Waals surface area (Å²) in [5.74, 6) is 1.54. The first-order valence-electron chi connectivity index (χ1n) is 9.22. The summed E-state index contributed by atoms with van der Waals surface area (Å²) in [6.07, 6.45) is 9.24. The minimum absolute atomic E-state index is 0.110. The van der Waals surface area contributed by atoms with Gasteiger partial charge in [-0.25, -0.2) is 0 Å². The SMILES string of the molecule is OC12C[C@H]3C[C@@H](C1)CC(Nc1c(-c4nnco4)nnc4[nH]ccc14)(C3)C2. The van der Waals surface area contributed by atoms with Gasteiger partial charge in [0.25, 0.3) is 5.89 Å². The zero-order chi connectivity index (χ0) is 17.4. The highest BCUT2D eigenvalue weighted by atomic mass is 16.4. The predicted octanol–water partition coefficient (Wildman–Crippen LogP) is 2.50. The predicted molar refractivity (Wildman–Crippen MR) is 93.2 cm³/mol. The van der Waals surface area contributed by atoms with Crippen molar-refractivity contribution in [2.45, 2.75) is 49.7 Å². The monoisotopic (exact) mass is 352 g/mol. The number of nitrogens with zero attached hydrogens (tertiary/aromatic N) is 4. The van der Waals surface area contributed by atoms with Crippen molar-refractivity contribution >= 4 is 16.7 Å². The standard InChI is InChI=1S/C18H20N6O2/c25-18-6-10-3-11(7-18)5-17(4-10,8-18)21-13-12-1-2-19-15(12)23-22-14(13)16-24-20-9-26-16/h1-2,9-11,25H,3-8H2,(H2,19,21,23)/t10-,11+,17?,18?. The molecule has 3 heterocycles. The third-order valence-electron chi connectivity index (χ3n) is 6.46. The average molecular weight is 352 g/mol. The Hall–Kier alpha value is -2.48. The molecule has 0 amide bonds. The third-order valence-corrected chi connectivity index (χ3v) is 6.46. The molecule has 4 aliphatic carbocycles. The van der Waals surface area contributed by atoms with Crippen LogP contribution in [0.15, 0.2) is 23.1 Å². The Bertz CT molecular complexity index is 967. The molecule has 3 aromatic rings. The fourth-order valence-electron chi connectivity index (χ4n) is 6.10. The number of aliphatic hydroxyl groups is 1. The summed E-state index contributed by atoms with van der Waals surface area (Å²) >= 11 is 0. The number of H-pyrrole nitrogens is 1. The first kappa shape index (κ1) is 14.7. The topological polar surface area (TPSA) is 113 Å². The Kier molecular flexibility index (Phi) is 2.72. The number of hydrogen-bond donors (Lipinski definition) is 3. The van der Waals surface area contributed by atoms with Crippen LogP contribution in [0.1, 0.15) is 38.5 Å². The van der Waals surface area contributed by atoms with Crippen LogP contribution in [0.2, 0.25) is 0 Å². The van der Waals surface area contributed by atoms with Crippen molar-refractivity contribution in [2.24, 2.45) is 11.8 Å². The van der Waals surface area contributed by atoms with Crippen LogP contribution in [0.3, 0.4) is 0 Å². The van der Waals surface area contributed by atoms with Gasteiger partial charge in [0.05, 0.1) is 11.3 Å². The van der Waals surface area contributed by atoms with Crippen LogP contribution in [0.25, 0.3) is 22.6 Å². The Balaban J connectivity index is 1.48. The fourth-order valence-corrected chi connectivity index (χ4v) is 6.10. The maximum atomic E-state index is 11.1. The molecule has 0 aromatic carbocycles. The van der Waals surface area contributed by atoms with E-state index >= 15 is 0 Å². The second-order valence-electron chi connectivity index (χ2n) is 8.50. The van der Waals surface area contributed by atoms with Crippen LogP contribution >= 0.6 is 0 Å². The first-order chi connectivity index (χ1) is 12.6. The van der Waals surface area contributed by atoms with Crippen LogP contribution in [0.5, 0.6) is 0 Å². The van der Waals surface area contributed by atoms with Gasteiger partial charge in [0, 0.05) is 17.1 Å². The molecule has 0 aliphatic heterocycles. The highest BCUT2D eigenvalue weighted by molar-refractivity contribution is 5.95. The maximum absolute atomic E-state index is 11.1. The highest BCUT2D eigenvalue weighted by Gasteiger charge is 2.57. The van der Waals surface area contributed by atoms with Crippen molar-refractivity contribution in [2.75, 3.05) is 5.32 Å². The Morgan fingerprint density at radius 1 is 1.15 bits per heavy atom. The molecule has 0 saturated heterocycles. The molecule has 4 saturated carbocycles. The van der Waals surface area contributed by atoms with Crippen molar-refractivity contribution in [3.05, 3.63) is 18.7 Å². The smallest absolute Gasteiger partial charge is 0.270 e. The van der Waals surface area contributed by atoms with E-state index in [0.717, 1.165) is 48.8 Å². The third kappa shape index (κ3) is 2.05. The summed E-state index contributed by atoms with van der Waals surface area (Å²) in [7, 11) is 0. The van der Waals surface area contributed by atoms with Crippen molar-refractivity contribution < 1.29 is 9.52 Å². The molecular weight excluding hydrogens is 332 g/mol. The molecule has 7 rings (SSSR count). The molecular formula is C18H20N6O2. The molecule has 26 heavy (non-hydrogen) atoms. The van der Waals surface area contributed by atoms with Crippen molar-refractivity contribution in [3.63, 3.8) is 0 Å². The van der Waals surface area contributed by atoms with E-state index in [-0.39, 0.29) is 5.54 Å². The van der Waals surface area contributed by atoms with Gasteiger partial charge in [-0.3, -0.25) is 0 Å². The van der Waals surface area contributed by atoms with E-state index < -0.39 is 5.60 Å². The quantitative estimate of drug-likeness (QED) is 0.664. The number of hydrogen-bond acceptors (Lipinski definition) is 7. The van der Waals surface area contributed by atoms with Crippen LogP contribution in [0.4, 0.5) is 5.69 Å². The molecule has 4 atom stereocenters. The Morgan fingerprint density at radius 2 is 2.00 bits per heavy atom. The molecule has 8 heteroatoms. The summed E-state index contributed by atoms with van der Waals surface area (Å²) in [5.41, 5.74) is 1.52. The second kappa shape index (κ2) is 4.82. The summed E-state index contributed by atoms with van der Waals surface area (Å²) in [5, 5.41) is 32.2. The van der Waals surface area contributed by atoms with E-state index in [1.807, 2.05) is 12.3 Å². The molecule has 0 radical (unpaired) electrons. The summed E-state index contributed by atoms with van der Waals surface area (Å²) in [6.45, 7) is 0. The number of rotatable bonds is 3. The molecule has 134 valence electrons. The van der Waals surface area contributed by atoms with Crippen molar-refractivity contribution in [1.29, 1.82) is 0 Å². The van der Waals surface area contributed by atoms with E-state index in [0.29, 0.717) is 23.4 Å². The Labute approximate surface area is 149 Å². The molecule has 2 unspecified atom stereocenters. The van der Waals surface area contributed by atoms with Crippen LogP contribution in [0, 0.1) is 11.8 Å². The van der Waals surface area contributed by atoms with E-state index in [4.69, 9.17) is 4.42 Å². The summed E-state index contributed by atoms with van der Waals surface area (Å²) in [6, 6.07) is 1.99. The molecule has 8 nitrogen and oxygen atoms in total. The number of aromatic amines is 1. The van der Waals surface area contributed by atoms with Crippen LogP contribution in [-0.4, -0.2) is 41.6 Å². The van der Waals surface area contributed by atoms with Gasteiger partial charge >= 0.3 is 0 Å². The number of aromatic nitrogens is 5. The lowest BCUT2D eigenvalue weighted by molar-refractivity contribution is -0.127. The minimum atomic E-state index is -0.528. The van der Waals surface area contributed by atoms with Gasteiger partial charge in [-0.2, -0.15) is 0 Å². The van der Waals surface area contributed by atoms with Gasteiger partial charge in [0.1, 0.15) is 0 Å². The van der Waals surface area contributed by atoms with Gasteiger partial charge < -0.3 is 19.8 Å². The normalized spacial score (nSPS) is 35.3. The fraction of sp³-hybridized carbons (Fsp3) is 0.556. The lowest BCUT2D eigenvalue weighted by Crippen LogP contribution is -2.62. The lowest BCUT2D eigenvalue weighted by Gasteiger charge is -2.60. The Morgan fingerprint density at radius 3 is 2.73 bits per heavy atom. The van der Waals surface area contributed by atoms with Gasteiger partial charge in [-0.15, -0.1) is 20.4 Å². The average Bonchev–Trinajstić information content (AvgIpc) is 3.24. The number of fused-ring (bicyclic) bond motifs is 1. The minimum Gasteiger partial charge on any atom is -0.422 e. The second-order valence-corrected chi connectivity index (χ2v) is 8.50. The van der Waals surface area contributed by atoms with Gasteiger partial charge in [-0.1, -0.05) is 0 Å². The molecule has 4 fully saturated rings. The highest BCUT2D eigenvalue weighted by Crippen LogP contribution is 2.58. The number of anilines is 1. The molecule has 3 N–H and O–H groups in total. The van der Waals surface area contributed by atoms with E-state index in [2.05, 4.69) is 30.7 Å². The van der Waals surface area contributed by atoms with E-state index in [9.17, 15) is 5.11 Å². The maximum Gasteiger partial charge on any atom is 0.270 e. The molecule has 4 bridgehead atoms. The number of nitrogens with one attached hydrogen (secondary N) is 2. The zero-order valence-electron chi connectivity index (χ0n) is 14.3. The van der Waals surface area contributed by atoms with Gasteiger partial charge in [0.2, 0.25) is 6.39 Å². The summed E-state index contributed by atoms with van der Waals surface area (Å²) < 4.78 is 5.40. The van der Waals surface area contributed by atoms with E-state index in [1.54, 1.807) is 0 Å². The van der Waals surface area contributed by atoms with Gasteiger partial charge in [-0.05, 0) is 56.4 Å². The molecule has 0 spiro atoms. The lowest BCUT2D eigenvalue weighted by atomic mass is 9.51.